The van der Waals surface area contributed by atoms with E-state index in [-0.39, 0.29) is 4.90 Å². The van der Waals surface area contributed by atoms with E-state index >= 15 is 0 Å². The van der Waals surface area contributed by atoms with Crippen LogP contribution in [0.3, 0.4) is 0 Å². The Labute approximate surface area is 169 Å². The van der Waals surface area contributed by atoms with E-state index in [1.54, 1.807) is 12.1 Å². The van der Waals surface area contributed by atoms with Crippen molar-refractivity contribution < 1.29 is 13.2 Å². The molecule has 0 aliphatic heterocycles. The lowest BCUT2D eigenvalue weighted by Crippen LogP contribution is -2.23. The summed E-state index contributed by atoms with van der Waals surface area (Å²) < 4.78 is 24.8. The molecule has 0 bridgehead atoms. The van der Waals surface area contributed by atoms with Crippen LogP contribution in [0.15, 0.2) is 46.7 Å². The molecule has 0 spiro atoms. The second-order valence-electron chi connectivity index (χ2n) is 6.93. The minimum Gasteiger partial charge on any atom is -0.301 e. The molecule has 0 saturated carbocycles. The molecular formula is C21H22N2O3S2. The second-order valence-corrected chi connectivity index (χ2v) is 9.78. The maximum absolute atomic E-state index is 12.4. The van der Waals surface area contributed by atoms with Gasteiger partial charge in [-0.2, -0.15) is 0 Å². The van der Waals surface area contributed by atoms with Gasteiger partial charge in [0.15, 0.2) is 15.0 Å². The standard InChI is InChI=1S/C21H22N2O3S2/c1-13-5-7-17(8-6-13)28(25,26)12-19(24)23-21-22-18(11-27-21)20-15(3)9-14(2)10-16(20)4/h5-11H,12H2,1-4H3,(H,22,23,24). The van der Waals surface area contributed by atoms with Crippen molar-refractivity contribution >= 4 is 32.2 Å². The van der Waals surface area contributed by atoms with E-state index in [1.807, 2.05) is 33.1 Å². The van der Waals surface area contributed by atoms with Gasteiger partial charge in [-0.3, -0.25) is 4.79 Å². The first-order chi connectivity index (χ1) is 13.2. The lowest BCUT2D eigenvalue weighted by atomic mass is 9.98. The predicted octanol–water partition coefficient (Wildman–Crippen LogP) is 4.46. The lowest BCUT2D eigenvalue weighted by Gasteiger charge is -2.08. The van der Waals surface area contributed by atoms with E-state index in [4.69, 9.17) is 0 Å². The third-order valence-corrected chi connectivity index (χ3v) is 6.78. The molecule has 0 atom stereocenters. The molecule has 1 heterocycles. The topological polar surface area (TPSA) is 76.1 Å². The fourth-order valence-electron chi connectivity index (χ4n) is 3.19. The summed E-state index contributed by atoms with van der Waals surface area (Å²) in [6.45, 7) is 7.98. The van der Waals surface area contributed by atoms with Crippen molar-refractivity contribution in [2.45, 2.75) is 32.6 Å². The number of thiazole rings is 1. The van der Waals surface area contributed by atoms with E-state index in [0.29, 0.717) is 5.13 Å². The largest absolute Gasteiger partial charge is 0.301 e. The minimum atomic E-state index is -3.70. The van der Waals surface area contributed by atoms with E-state index in [1.165, 1.54) is 29.0 Å². The zero-order valence-corrected chi connectivity index (χ0v) is 17.9. The van der Waals surface area contributed by atoms with Crippen LogP contribution in [-0.4, -0.2) is 25.1 Å². The van der Waals surface area contributed by atoms with Gasteiger partial charge in [-0.1, -0.05) is 35.4 Å². The Kier molecular flexibility index (Phi) is 5.67. The maximum Gasteiger partial charge on any atom is 0.241 e. The number of carbonyl (C=O) groups excluding carboxylic acids is 1. The number of aryl methyl sites for hydroxylation is 4. The van der Waals surface area contributed by atoms with Gasteiger partial charge in [0, 0.05) is 10.9 Å². The van der Waals surface area contributed by atoms with E-state index < -0.39 is 21.5 Å². The number of nitrogens with one attached hydrogen (secondary N) is 1. The van der Waals surface area contributed by atoms with Crippen molar-refractivity contribution in [1.29, 1.82) is 0 Å². The van der Waals surface area contributed by atoms with Gasteiger partial charge in [-0.25, -0.2) is 13.4 Å². The maximum atomic E-state index is 12.4. The van der Waals surface area contributed by atoms with Gasteiger partial charge in [0.1, 0.15) is 5.75 Å². The lowest BCUT2D eigenvalue weighted by molar-refractivity contribution is -0.113. The van der Waals surface area contributed by atoms with Gasteiger partial charge >= 0.3 is 0 Å². The Morgan fingerprint density at radius 2 is 1.61 bits per heavy atom. The van der Waals surface area contributed by atoms with Crippen LogP contribution in [0.4, 0.5) is 5.13 Å². The molecule has 1 aromatic heterocycles. The van der Waals surface area contributed by atoms with Crippen LogP contribution in [0.5, 0.6) is 0 Å². The van der Waals surface area contributed by atoms with Gasteiger partial charge in [-0.05, 0) is 51.0 Å². The van der Waals surface area contributed by atoms with E-state index in [2.05, 4.69) is 22.4 Å². The number of amides is 1. The molecule has 28 heavy (non-hydrogen) atoms. The molecule has 2 aromatic carbocycles. The van der Waals surface area contributed by atoms with Crippen LogP contribution >= 0.6 is 11.3 Å². The van der Waals surface area contributed by atoms with Crippen LogP contribution in [0.2, 0.25) is 0 Å². The van der Waals surface area contributed by atoms with Gasteiger partial charge < -0.3 is 5.32 Å². The summed E-state index contributed by atoms with van der Waals surface area (Å²) in [5.41, 5.74) is 6.18. The van der Waals surface area contributed by atoms with Crippen molar-refractivity contribution in [3.63, 3.8) is 0 Å². The Morgan fingerprint density at radius 3 is 2.21 bits per heavy atom. The molecular weight excluding hydrogens is 392 g/mol. The first-order valence-corrected chi connectivity index (χ1v) is 11.3. The highest BCUT2D eigenvalue weighted by Gasteiger charge is 2.20. The second kappa shape index (κ2) is 7.85. The molecule has 7 heteroatoms. The molecule has 1 N–H and O–H groups in total. The molecule has 5 nitrogen and oxygen atoms in total. The van der Waals surface area contributed by atoms with Crippen LogP contribution in [0.1, 0.15) is 22.3 Å². The van der Waals surface area contributed by atoms with Crippen LogP contribution in [0, 0.1) is 27.7 Å². The van der Waals surface area contributed by atoms with Crippen molar-refractivity contribution in [3.05, 3.63) is 64.0 Å². The normalized spacial score (nSPS) is 11.4. The van der Waals surface area contributed by atoms with Crippen LogP contribution in [-0.2, 0) is 14.6 Å². The number of hydrogen-bond acceptors (Lipinski definition) is 5. The molecule has 3 aromatic rings. The van der Waals surface area contributed by atoms with Crippen molar-refractivity contribution in [2.75, 3.05) is 11.1 Å². The predicted molar refractivity (Wildman–Crippen MR) is 114 cm³/mol. The quantitative estimate of drug-likeness (QED) is 0.669. The summed E-state index contributed by atoms with van der Waals surface area (Å²) in [4.78, 5) is 16.9. The number of rotatable bonds is 5. The number of aromatic nitrogens is 1. The van der Waals surface area contributed by atoms with Crippen molar-refractivity contribution in [2.24, 2.45) is 0 Å². The number of benzene rings is 2. The fraction of sp³-hybridized carbons (Fsp3) is 0.238. The molecule has 0 radical (unpaired) electrons. The summed E-state index contributed by atoms with van der Waals surface area (Å²) in [5, 5.41) is 4.87. The molecule has 146 valence electrons. The van der Waals surface area contributed by atoms with Crippen LogP contribution in [0.25, 0.3) is 11.3 Å². The summed E-state index contributed by atoms with van der Waals surface area (Å²) in [6.07, 6.45) is 0. The van der Waals surface area contributed by atoms with Crippen molar-refractivity contribution in [3.8, 4) is 11.3 Å². The average Bonchev–Trinajstić information content (AvgIpc) is 3.01. The summed E-state index contributed by atoms with van der Waals surface area (Å²) in [7, 11) is -3.70. The van der Waals surface area contributed by atoms with Gasteiger partial charge in [0.05, 0.1) is 10.6 Å². The Hall–Kier alpha value is -2.51. The fourth-order valence-corrected chi connectivity index (χ4v) is 5.04. The zero-order valence-electron chi connectivity index (χ0n) is 16.2. The van der Waals surface area contributed by atoms with Gasteiger partial charge in [0.2, 0.25) is 5.91 Å². The number of hydrogen-bond donors (Lipinski definition) is 1. The minimum absolute atomic E-state index is 0.138. The Balaban J connectivity index is 1.75. The Morgan fingerprint density at radius 1 is 1.00 bits per heavy atom. The third-order valence-electron chi connectivity index (χ3n) is 4.38. The average molecular weight is 415 g/mol. The van der Waals surface area contributed by atoms with Crippen molar-refractivity contribution in [1.82, 2.24) is 4.98 Å². The van der Waals surface area contributed by atoms with E-state index in [9.17, 15) is 13.2 Å². The highest BCUT2D eigenvalue weighted by atomic mass is 32.2. The third kappa shape index (κ3) is 4.48. The molecule has 0 fully saturated rings. The number of nitrogens with zero attached hydrogens (tertiary/aromatic N) is 1. The summed E-state index contributed by atoms with van der Waals surface area (Å²) in [5.74, 6) is -1.22. The molecule has 3 rings (SSSR count). The van der Waals surface area contributed by atoms with Crippen LogP contribution < -0.4 is 5.32 Å². The molecule has 0 aliphatic rings. The first kappa shape index (κ1) is 20.2. The SMILES string of the molecule is Cc1ccc(S(=O)(=O)CC(=O)Nc2nc(-c3c(C)cc(C)cc3C)cs2)cc1. The zero-order chi connectivity index (χ0) is 20.5. The Bertz CT molecular complexity index is 1110. The first-order valence-electron chi connectivity index (χ1n) is 8.79. The number of anilines is 1. The highest BCUT2D eigenvalue weighted by molar-refractivity contribution is 7.92. The molecule has 0 saturated heterocycles. The number of carbonyl (C=O) groups is 1. The van der Waals surface area contributed by atoms with Gasteiger partial charge in [0.25, 0.3) is 0 Å². The monoisotopic (exact) mass is 414 g/mol. The molecule has 0 aliphatic carbocycles. The molecule has 0 unspecified atom stereocenters. The summed E-state index contributed by atoms with van der Waals surface area (Å²) >= 11 is 1.28. The molecule has 1 amide bonds. The number of sulfone groups is 1. The van der Waals surface area contributed by atoms with Gasteiger partial charge in [-0.15, -0.1) is 11.3 Å². The highest BCUT2D eigenvalue weighted by Crippen LogP contribution is 2.31. The van der Waals surface area contributed by atoms with E-state index in [0.717, 1.165) is 27.9 Å². The smallest absolute Gasteiger partial charge is 0.241 e. The summed E-state index contributed by atoms with van der Waals surface area (Å²) in [6, 6.07) is 10.6.